The monoisotopic (exact) mass is 535 g/mol. The van der Waals surface area contributed by atoms with Crippen LogP contribution in [0.2, 0.25) is 0 Å². The number of imide groups is 1. The van der Waals surface area contributed by atoms with E-state index in [9.17, 15) is 9.59 Å². The smallest absolute Gasteiger partial charge is 0.293 e. The van der Waals surface area contributed by atoms with Crippen molar-refractivity contribution in [1.82, 2.24) is 4.90 Å². The zero-order chi connectivity index (χ0) is 21.7. The van der Waals surface area contributed by atoms with Crippen LogP contribution in [0.4, 0.5) is 4.79 Å². The van der Waals surface area contributed by atoms with Gasteiger partial charge in [0.2, 0.25) is 0 Å². The molecule has 1 aliphatic rings. The molecule has 0 N–H and O–H groups in total. The molecule has 0 aliphatic carbocycles. The number of halogens is 1. The minimum absolute atomic E-state index is 0.204. The summed E-state index contributed by atoms with van der Waals surface area (Å²) in [6.07, 6.45) is 3.25. The van der Waals surface area contributed by atoms with Gasteiger partial charge < -0.3 is 9.47 Å². The minimum Gasteiger partial charge on any atom is -0.490 e. The summed E-state index contributed by atoms with van der Waals surface area (Å²) in [5, 5.41) is -0.288. The predicted octanol–water partition coefficient (Wildman–Crippen LogP) is 5.80. The van der Waals surface area contributed by atoms with Crippen LogP contribution < -0.4 is 9.47 Å². The second kappa shape index (κ2) is 10.2. The number of hydrogen-bond donors (Lipinski definition) is 0. The van der Waals surface area contributed by atoms with Crippen LogP contribution >= 0.6 is 34.4 Å². The van der Waals surface area contributed by atoms with E-state index in [0.717, 1.165) is 26.5 Å². The lowest BCUT2D eigenvalue weighted by molar-refractivity contribution is -0.122. The summed E-state index contributed by atoms with van der Waals surface area (Å²) < 4.78 is 12.7. The van der Waals surface area contributed by atoms with Crippen molar-refractivity contribution < 1.29 is 19.1 Å². The Balaban J connectivity index is 1.87. The van der Waals surface area contributed by atoms with E-state index >= 15 is 0 Å². The molecule has 0 spiro atoms. The van der Waals surface area contributed by atoms with Gasteiger partial charge in [0.05, 0.1) is 15.1 Å². The molecule has 1 heterocycles. The largest absolute Gasteiger partial charge is 0.490 e. The third-order valence-corrected chi connectivity index (χ3v) is 5.99. The van der Waals surface area contributed by atoms with Gasteiger partial charge in [-0.25, -0.2) is 0 Å². The second-order valence-corrected chi connectivity index (χ2v) is 8.78. The lowest BCUT2D eigenvalue weighted by Gasteiger charge is -2.15. The highest BCUT2D eigenvalue weighted by atomic mass is 127. The molecule has 0 atom stereocenters. The molecule has 0 radical (unpaired) electrons. The fourth-order valence-corrected chi connectivity index (χ4v) is 4.60. The van der Waals surface area contributed by atoms with Crippen molar-refractivity contribution >= 4 is 51.6 Å². The van der Waals surface area contributed by atoms with Crippen molar-refractivity contribution in [2.45, 2.75) is 20.5 Å². The topological polar surface area (TPSA) is 55.8 Å². The summed E-state index contributed by atoms with van der Waals surface area (Å²) in [4.78, 5) is 26.1. The number of carbonyl (C=O) groups is 2. The Bertz CT molecular complexity index is 1020. The van der Waals surface area contributed by atoms with E-state index in [0.29, 0.717) is 29.6 Å². The lowest BCUT2D eigenvalue weighted by Crippen LogP contribution is -2.27. The molecule has 0 saturated carbocycles. The summed E-state index contributed by atoms with van der Waals surface area (Å²) in [7, 11) is 0. The van der Waals surface area contributed by atoms with Crippen LogP contribution in [0.3, 0.4) is 0 Å². The molecule has 30 heavy (non-hydrogen) atoms. The molecule has 2 aromatic carbocycles. The van der Waals surface area contributed by atoms with Crippen LogP contribution in [0.25, 0.3) is 6.08 Å². The second-order valence-electron chi connectivity index (χ2n) is 6.62. The number of nitrogens with zero attached hydrogens (tertiary/aromatic N) is 1. The molecule has 0 unspecified atom stereocenters. The van der Waals surface area contributed by atoms with Crippen molar-refractivity contribution in [3.05, 3.63) is 74.2 Å². The number of ether oxygens (including phenoxy) is 2. The summed E-state index contributed by atoms with van der Waals surface area (Å²) in [5.74, 6) is 0.960. The highest BCUT2D eigenvalue weighted by Gasteiger charge is 2.34. The Kier molecular flexibility index (Phi) is 7.60. The van der Waals surface area contributed by atoms with Crippen LogP contribution in [-0.2, 0) is 11.4 Å². The fraction of sp³-hybridized carbons (Fsp3) is 0.217. The van der Waals surface area contributed by atoms with E-state index in [1.165, 1.54) is 16.5 Å². The van der Waals surface area contributed by atoms with E-state index in [4.69, 9.17) is 9.47 Å². The van der Waals surface area contributed by atoms with Gasteiger partial charge in [-0.2, -0.15) is 0 Å². The number of aryl methyl sites for hydroxylation is 1. The molecule has 7 heteroatoms. The van der Waals surface area contributed by atoms with Crippen molar-refractivity contribution in [1.29, 1.82) is 0 Å². The van der Waals surface area contributed by atoms with Gasteiger partial charge in [0, 0.05) is 6.54 Å². The molecule has 2 amide bonds. The number of carbonyl (C=O) groups excluding carboxylic acids is 2. The van der Waals surface area contributed by atoms with Gasteiger partial charge in [-0.15, -0.1) is 6.58 Å². The summed E-state index contributed by atoms with van der Waals surface area (Å²) in [5.41, 5.74) is 3.03. The molecule has 1 aliphatic heterocycles. The molecule has 156 valence electrons. The molecular weight excluding hydrogens is 513 g/mol. The molecule has 1 fully saturated rings. The first-order valence-electron chi connectivity index (χ1n) is 9.44. The number of benzene rings is 2. The Labute approximate surface area is 194 Å². The molecule has 0 bridgehead atoms. The van der Waals surface area contributed by atoms with Crippen molar-refractivity contribution in [3.63, 3.8) is 0 Å². The van der Waals surface area contributed by atoms with Gasteiger partial charge in [-0.1, -0.05) is 35.9 Å². The Morgan fingerprint density at radius 1 is 1.20 bits per heavy atom. The van der Waals surface area contributed by atoms with E-state index in [-0.39, 0.29) is 17.7 Å². The standard InChI is InChI=1S/C23H22INO4S/c1-4-9-25-22(26)20(30-23(25)27)13-17-11-18(24)21(19(12-17)28-5-2)29-14-16-8-6-7-15(3)10-16/h4,6-8,10-13H,1,5,9,14H2,2-3H3/b20-13+. The van der Waals surface area contributed by atoms with Crippen molar-refractivity contribution in [2.24, 2.45) is 0 Å². The first-order valence-corrected chi connectivity index (χ1v) is 11.3. The molecule has 3 rings (SSSR count). The number of rotatable bonds is 8. The van der Waals surface area contributed by atoms with Crippen LogP contribution in [0.1, 0.15) is 23.6 Å². The zero-order valence-corrected chi connectivity index (χ0v) is 19.8. The van der Waals surface area contributed by atoms with Crippen molar-refractivity contribution in [3.8, 4) is 11.5 Å². The van der Waals surface area contributed by atoms with Crippen LogP contribution in [-0.4, -0.2) is 29.2 Å². The highest BCUT2D eigenvalue weighted by molar-refractivity contribution is 14.1. The first kappa shape index (κ1) is 22.4. The van der Waals surface area contributed by atoms with Gasteiger partial charge >= 0.3 is 0 Å². The molecular formula is C23H22INO4S. The maximum atomic E-state index is 12.5. The van der Waals surface area contributed by atoms with Crippen LogP contribution in [0.15, 0.2) is 54.0 Å². The van der Waals surface area contributed by atoms with Gasteiger partial charge in [0.25, 0.3) is 11.1 Å². The quantitative estimate of drug-likeness (QED) is 0.243. The third-order valence-electron chi connectivity index (χ3n) is 4.28. The number of hydrogen-bond acceptors (Lipinski definition) is 5. The van der Waals surface area contributed by atoms with E-state index < -0.39 is 0 Å². The molecule has 0 aromatic heterocycles. The van der Waals surface area contributed by atoms with Crippen molar-refractivity contribution in [2.75, 3.05) is 13.2 Å². The maximum absolute atomic E-state index is 12.5. The first-order chi connectivity index (χ1) is 14.4. The SMILES string of the molecule is C=CCN1C(=O)S/C(=C/c2cc(I)c(OCc3cccc(C)c3)c(OCC)c2)C1=O. The van der Waals surface area contributed by atoms with E-state index in [1.54, 1.807) is 6.08 Å². The average molecular weight is 535 g/mol. The summed E-state index contributed by atoms with van der Waals surface area (Å²) >= 11 is 3.13. The van der Waals surface area contributed by atoms with E-state index in [2.05, 4.69) is 35.2 Å². The van der Waals surface area contributed by atoms with Gasteiger partial charge in [0.1, 0.15) is 6.61 Å². The summed E-state index contributed by atoms with van der Waals surface area (Å²) in [6, 6.07) is 11.9. The third kappa shape index (κ3) is 5.26. The van der Waals surface area contributed by atoms with Gasteiger partial charge in [-0.05, 0) is 77.5 Å². The van der Waals surface area contributed by atoms with Gasteiger partial charge in [-0.3, -0.25) is 14.5 Å². The summed E-state index contributed by atoms with van der Waals surface area (Å²) in [6.45, 7) is 8.66. The predicted molar refractivity (Wildman–Crippen MR) is 129 cm³/mol. The lowest BCUT2D eigenvalue weighted by atomic mass is 10.1. The minimum atomic E-state index is -0.308. The number of amides is 2. The molecule has 5 nitrogen and oxygen atoms in total. The zero-order valence-electron chi connectivity index (χ0n) is 16.8. The molecule has 1 saturated heterocycles. The van der Waals surface area contributed by atoms with Crippen LogP contribution in [0.5, 0.6) is 11.5 Å². The van der Waals surface area contributed by atoms with E-state index in [1.807, 2.05) is 44.2 Å². The Hall–Kier alpha value is -2.26. The normalized spacial score (nSPS) is 15.0. The van der Waals surface area contributed by atoms with Gasteiger partial charge in [0.15, 0.2) is 11.5 Å². The fourth-order valence-electron chi connectivity index (χ4n) is 2.97. The maximum Gasteiger partial charge on any atom is 0.293 e. The number of thioether (sulfide) groups is 1. The average Bonchev–Trinajstić information content (AvgIpc) is 2.95. The highest BCUT2D eigenvalue weighted by Crippen LogP contribution is 2.37. The molecule has 2 aromatic rings. The Morgan fingerprint density at radius 3 is 2.70 bits per heavy atom. The van der Waals surface area contributed by atoms with Crippen LogP contribution in [0, 0.1) is 10.5 Å². The Morgan fingerprint density at radius 2 is 2.00 bits per heavy atom.